The van der Waals surface area contributed by atoms with Crippen LogP contribution in [0.5, 0.6) is 0 Å². The van der Waals surface area contributed by atoms with Crippen LogP contribution in [0.15, 0.2) is 133 Å². The highest BCUT2D eigenvalue weighted by Gasteiger charge is 2.30. The lowest BCUT2D eigenvalue weighted by atomic mass is 9.74. The maximum absolute atomic E-state index is 2.58. The molecule has 0 saturated carbocycles. The molecule has 0 amide bonds. The summed E-state index contributed by atoms with van der Waals surface area (Å²) in [5.41, 5.74) is 5.33. The van der Waals surface area contributed by atoms with Crippen molar-refractivity contribution in [2.75, 3.05) is 0 Å². The Labute approximate surface area is 387 Å². The van der Waals surface area contributed by atoms with Crippen LogP contribution >= 0.6 is 0 Å². The van der Waals surface area contributed by atoms with E-state index in [1.165, 1.54) is 152 Å². The van der Waals surface area contributed by atoms with E-state index in [0.717, 1.165) is 0 Å². The third-order valence-corrected chi connectivity index (χ3v) is 15.8. The Hall–Kier alpha value is -6.50. The van der Waals surface area contributed by atoms with Crippen molar-refractivity contribution in [3.05, 3.63) is 156 Å². The lowest BCUT2D eigenvalue weighted by Gasteiger charge is -2.28. The summed E-state index contributed by atoms with van der Waals surface area (Å²) < 4.78 is 0. The molecule has 0 heteroatoms. The first-order valence-corrected chi connectivity index (χ1v) is 24.3. The first-order valence-electron chi connectivity index (χ1n) is 24.3. The molecule has 322 valence electrons. The minimum Gasteiger partial charge on any atom is -0.0616 e. The van der Waals surface area contributed by atoms with E-state index in [2.05, 4.69) is 217 Å². The van der Waals surface area contributed by atoms with Crippen molar-refractivity contribution in [2.45, 2.75) is 105 Å². The van der Waals surface area contributed by atoms with Crippen LogP contribution in [0.4, 0.5) is 0 Å². The molecule has 0 saturated heterocycles. The molecule has 0 N–H and O–H groups in total. The normalized spacial score (nSPS) is 13.8. The van der Waals surface area contributed by atoms with Gasteiger partial charge in [-0.15, -0.1) is 0 Å². The van der Waals surface area contributed by atoms with Gasteiger partial charge in [0, 0.05) is 0 Å². The van der Waals surface area contributed by atoms with E-state index in [1.807, 2.05) is 0 Å². The van der Waals surface area contributed by atoms with Gasteiger partial charge in [0.25, 0.3) is 0 Å². The SMILES string of the molecule is CC(C)(C)c1ccc2c(c1)c1c3ccccc3cc3c4ccc(C(C)(C)C)cc4c4c5c6ccc(C(C)(C)C)cc6c6c7ccccc7cc7c8ccc(C(C)(C)C)cc8c(c2c4c31)c5c76. The van der Waals surface area contributed by atoms with E-state index in [4.69, 9.17) is 0 Å². The van der Waals surface area contributed by atoms with E-state index in [-0.39, 0.29) is 21.7 Å². The molecular weight excluding hydrogens is 793 g/mol. The maximum Gasteiger partial charge on any atom is -0.0000701 e. The average molecular weight is 851 g/mol. The Morgan fingerprint density at radius 3 is 0.788 bits per heavy atom. The van der Waals surface area contributed by atoms with Gasteiger partial charge < -0.3 is 0 Å². The van der Waals surface area contributed by atoms with Gasteiger partial charge in [-0.25, -0.2) is 0 Å². The van der Waals surface area contributed by atoms with Gasteiger partial charge in [0.1, 0.15) is 0 Å². The molecule has 0 spiro atoms. The molecule has 0 radical (unpaired) electrons. The highest BCUT2D eigenvalue weighted by molar-refractivity contribution is 6.57. The highest BCUT2D eigenvalue weighted by atomic mass is 14.3. The summed E-state index contributed by atoms with van der Waals surface area (Å²) in [4.78, 5) is 0. The summed E-state index contributed by atoms with van der Waals surface area (Å²) >= 11 is 0. The van der Waals surface area contributed by atoms with Crippen LogP contribution in [0, 0.1) is 0 Å². The first kappa shape index (κ1) is 39.8. The van der Waals surface area contributed by atoms with Crippen LogP contribution in [0.2, 0.25) is 0 Å². The van der Waals surface area contributed by atoms with Crippen molar-refractivity contribution in [3.63, 3.8) is 0 Å². The second-order valence-electron chi connectivity index (χ2n) is 24.1. The van der Waals surface area contributed by atoms with Gasteiger partial charge >= 0.3 is 0 Å². The third-order valence-electron chi connectivity index (χ3n) is 15.8. The number of rotatable bonds is 0. The van der Waals surface area contributed by atoms with Crippen LogP contribution in [-0.2, 0) is 21.7 Å². The Morgan fingerprint density at radius 1 is 0.197 bits per heavy atom. The van der Waals surface area contributed by atoms with Crippen LogP contribution in [0.3, 0.4) is 0 Å². The second-order valence-corrected chi connectivity index (χ2v) is 24.1. The van der Waals surface area contributed by atoms with E-state index in [9.17, 15) is 0 Å². The number of benzene rings is 13. The Morgan fingerprint density at radius 2 is 0.455 bits per heavy atom. The molecule has 66 heavy (non-hydrogen) atoms. The lowest BCUT2D eigenvalue weighted by Crippen LogP contribution is -2.11. The topological polar surface area (TPSA) is 0 Å². The van der Waals surface area contributed by atoms with Gasteiger partial charge in [-0.05, 0) is 210 Å². The Bertz CT molecular complexity index is 4000. The maximum atomic E-state index is 2.58. The van der Waals surface area contributed by atoms with Crippen molar-refractivity contribution in [1.29, 1.82) is 0 Å². The zero-order valence-electron chi connectivity index (χ0n) is 40.7. The smallest absolute Gasteiger partial charge is 0.0000701 e. The lowest BCUT2D eigenvalue weighted by molar-refractivity contribution is 0.591. The molecule has 0 nitrogen and oxygen atoms in total. The van der Waals surface area contributed by atoms with Gasteiger partial charge in [0.2, 0.25) is 0 Å². The van der Waals surface area contributed by atoms with Gasteiger partial charge in [0.15, 0.2) is 0 Å². The van der Waals surface area contributed by atoms with Gasteiger partial charge in [-0.2, -0.15) is 0 Å². The number of hydrogen-bond donors (Lipinski definition) is 0. The molecule has 0 aromatic heterocycles. The minimum absolute atomic E-state index is 0.0239. The predicted octanol–water partition coefficient (Wildman–Crippen LogP) is 19.6. The van der Waals surface area contributed by atoms with Crippen LogP contribution < -0.4 is 0 Å². The summed E-state index contributed by atoms with van der Waals surface area (Å²) in [5, 5.41) is 32.6. The van der Waals surface area contributed by atoms with E-state index in [1.54, 1.807) is 0 Å². The molecule has 0 aliphatic rings. The molecule has 0 bridgehead atoms. The first-order chi connectivity index (χ1) is 31.3. The zero-order valence-corrected chi connectivity index (χ0v) is 40.7. The molecule has 13 aromatic rings. The third kappa shape index (κ3) is 5.22. The van der Waals surface area contributed by atoms with E-state index in [0.29, 0.717) is 0 Å². The molecular formula is C66H58. The predicted molar refractivity (Wildman–Crippen MR) is 294 cm³/mol. The second kappa shape index (κ2) is 12.7. The summed E-state index contributed by atoms with van der Waals surface area (Å²) in [6, 6.07) is 53.4. The largest absolute Gasteiger partial charge is 0.0616 e. The summed E-state index contributed by atoms with van der Waals surface area (Å²) in [6.07, 6.45) is 0. The van der Waals surface area contributed by atoms with Gasteiger partial charge in [-0.3, -0.25) is 0 Å². The highest BCUT2D eigenvalue weighted by Crippen LogP contribution is 2.58. The Kier molecular flexibility index (Phi) is 7.65. The van der Waals surface area contributed by atoms with Gasteiger partial charge in [-0.1, -0.05) is 180 Å². The summed E-state index contributed by atoms with van der Waals surface area (Å²) in [6.45, 7) is 28.4. The fraction of sp³-hybridized carbons (Fsp3) is 0.242. The fourth-order valence-corrected chi connectivity index (χ4v) is 12.3. The molecule has 0 atom stereocenters. The quantitative estimate of drug-likeness (QED) is 0.105. The number of fused-ring (bicyclic) bond motifs is 18. The monoisotopic (exact) mass is 850 g/mol. The van der Waals surface area contributed by atoms with Crippen LogP contribution in [0.1, 0.15) is 105 Å². The minimum atomic E-state index is -0.0359. The molecule has 0 heterocycles. The Balaban J connectivity index is 1.49. The standard InChI is InChI=1S/C66H58/c1-63(2,3)37-21-25-43-47-29-35-17-13-15-19-41(35)53-52-34-40(66(10,11)12)24-28-46(52)56-60-50-32-38(64(4,5)6)22-26-44(50)48-30-36-18-14-16-20-42(36)54-51-33-39(65(7,8)9)23-27-45(51)55(62(60)58(48)54)59(49(43)31-37)61(56)57(47)53/h13-34H,1-12H3. The van der Waals surface area contributed by atoms with Crippen molar-refractivity contribution in [3.8, 4) is 0 Å². The van der Waals surface area contributed by atoms with Crippen LogP contribution in [-0.4, -0.2) is 0 Å². The van der Waals surface area contributed by atoms with Gasteiger partial charge in [0.05, 0.1) is 0 Å². The van der Waals surface area contributed by atoms with Crippen molar-refractivity contribution >= 4 is 129 Å². The van der Waals surface area contributed by atoms with Crippen molar-refractivity contribution < 1.29 is 0 Å². The summed E-state index contributed by atoms with van der Waals surface area (Å²) in [5.74, 6) is 0. The zero-order chi connectivity index (χ0) is 45.7. The molecule has 13 aromatic carbocycles. The fourth-order valence-electron chi connectivity index (χ4n) is 12.3. The molecule has 0 aliphatic heterocycles. The van der Waals surface area contributed by atoms with E-state index < -0.39 is 0 Å². The van der Waals surface area contributed by atoms with Crippen molar-refractivity contribution in [1.82, 2.24) is 0 Å². The van der Waals surface area contributed by atoms with E-state index >= 15 is 0 Å². The van der Waals surface area contributed by atoms with Crippen LogP contribution in [0.25, 0.3) is 129 Å². The average Bonchev–Trinajstić information content (AvgIpc) is 3.27. The molecule has 0 aliphatic carbocycles. The van der Waals surface area contributed by atoms with Crippen molar-refractivity contribution in [2.24, 2.45) is 0 Å². The molecule has 0 fully saturated rings. The molecule has 0 unspecified atom stereocenters. The summed E-state index contributed by atoms with van der Waals surface area (Å²) in [7, 11) is 0. The number of hydrogen-bond acceptors (Lipinski definition) is 0. The molecule has 13 rings (SSSR count).